The van der Waals surface area contributed by atoms with Gasteiger partial charge in [-0.2, -0.15) is 5.10 Å². The van der Waals surface area contributed by atoms with Gasteiger partial charge in [-0.3, -0.25) is 4.79 Å². The third-order valence-corrected chi connectivity index (χ3v) is 6.99. The Kier molecular flexibility index (Phi) is 4.65. The third-order valence-electron chi connectivity index (χ3n) is 6.99. The summed E-state index contributed by atoms with van der Waals surface area (Å²) in [6.45, 7) is 4.16. The van der Waals surface area contributed by atoms with Crippen molar-refractivity contribution in [3.05, 3.63) is 88.3 Å². The van der Waals surface area contributed by atoms with Crippen molar-refractivity contribution >= 4 is 11.9 Å². The van der Waals surface area contributed by atoms with Gasteiger partial charge < -0.3 is 0 Å². The number of carbonyl (C=O) groups excluding carboxylic acids is 1. The van der Waals surface area contributed by atoms with Crippen molar-refractivity contribution in [1.29, 1.82) is 0 Å². The molecule has 2 aliphatic carbocycles. The Morgan fingerprint density at radius 3 is 2.68 bits per heavy atom. The largest absolute Gasteiger partial charge is 0.294 e. The molecule has 5 heteroatoms. The zero-order valence-electron chi connectivity index (χ0n) is 17.7. The molecule has 31 heavy (non-hydrogen) atoms. The monoisotopic (exact) mass is 418 g/mol. The number of Topliss-reactive ketones (excluding diaryl/α,β-unsaturated/α-hetero) is 1. The molecule has 3 aromatic rings. The van der Waals surface area contributed by atoms with Crippen LogP contribution in [0.1, 0.15) is 53.4 Å². The van der Waals surface area contributed by atoms with Gasteiger partial charge in [0, 0.05) is 17.4 Å². The number of ketones is 1. The minimum absolute atomic E-state index is 0.0185. The minimum Gasteiger partial charge on any atom is -0.294 e. The molecular formula is C26H24F2N2O. The smallest absolute Gasteiger partial charge is 0.169 e. The first-order valence-corrected chi connectivity index (χ1v) is 10.7. The second-order valence-electron chi connectivity index (χ2n) is 9.00. The Morgan fingerprint density at radius 2 is 1.94 bits per heavy atom. The van der Waals surface area contributed by atoms with E-state index in [0.29, 0.717) is 12.8 Å². The number of halogens is 2. The molecule has 1 fully saturated rings. The molecule has 158 valence electrons. The Labute approximate surface area is 180 Å². The van der Waals surface area contributed by atoms with E-state index in [2.05, 4.69) is 49.3 Å². The fourth-order valence-electron chi connectivity index (χ4n) is 5.23. The van der Waals surface area contributed by atoms with Crippen LogP contribution in [0.3, 0.4) is 0 Å². The molecule has 0 aliphatic heterocycles. The summed E-state index contributed by atoms with van der Waals surface area (Å²) in [5.74, 6) is -2.04. The highest BCUT2D eigenvalue weighted by molar-refractivity contribution is 5.99. The van der Waals surface area contributed by atoms with Crippen LogP contribution in [0.4, 0.5) is 8.78 Å². The molecule has 0 unspecified atom stereocenters. The van der Waals surface area contributed by atoms with Gasteiger partial charge in [0.25, 0.3) is 0 Å². The quantitative estimate of drug-likeness (QED) is 0.483. The Balaban J connectivity index is 1.53. The first-order chi connectivity index (χ1) is 14.9. The minimum atomic E-state index is -0.784. The van der Waals surface area contributed by atoms with E-state index >= 15 is 0 Å². The number of aryl methyl sites for hydroxylation is 1. The van der Waals surface area contributed by atoms with Gasteiger partial charge in [0.15, 0.2) is 5.78 Å². The molecule has 0 bridgehead atoms. The van der Waals surface area contributed by atoms with Crippen molar-refractivity contribution in [2.24, 2.45) is 11.3 Å². The zero-order valence-corrected chi connectivity index (χ0v) is 17.7. The van der Waals surface area contributed by atoms with E-state index in [-0.39, 0.29) is 17.3 Å². The highest BCUT2D eigenvalue weighted by Crippen LogP contribution is 2.52. The molecule has 1 heterocycles. The average Bonchev–Trinajstić information content (AvgIpc) is 3.13. The number of rotatable bonds is 3. The van der Waals surface area contributed by atoms with Gasteiger partial charge >= 0.3 is 0 Å². The molecular weight excluding hydrogens is 394 g/mol. The SMILES string of the molecule is Cc1ccc(-n2ncc3c2C=C2CCC[C@H](C(=O)c4ccc(F)cc4F)[C@@]2(C)C3)cc1. The number of carbonyl (C=O) groups is 1. The molecule has 1 saturated carbocycles. The lowest BCUT2D eigenvalue weighted by atomic mass is 9.58. The number of benzene rings is 2. The van der Waals surface area contributed by atoms with Crippen molar-refractivity contribution in [1.82, 2.24) is 9.78 Å². The highest BCUT2D eigenvalue weighted by Gasteiger charge is 2.47. The molecule has 2 aliphatic rings. The maximum atomic E-state index is 14.4. The van der Waals surface area contributed by atoms with Gasteiger partial charge in [0.1, 0.15) is 11.6 Å². The predicted octanol–water partition coefficient (Wildman–Crippen LogP) is 6.09. The van der Waals surface area contributed by atoms with Crippen molar-refractivity contribution < 1.29 is 13.6 Å². The van der Waals surface area contributed by atoms with E-state index in [4.69, 9.17) is 0 Å². The number of aromatic nitrogens is 2. The van der Waals surface area contributed by atoms with E-state index in [1.54, 1.807) is 0 Å². The maximum absolute atomic E-state index is 14.4. The molecule has 5 rings (SSSR count). The van der Waals surface area contributed by atoms with Gasteiger partial charge in [0.2, 0.25) is 0 Å². The molecule has 0 saturated heterocycles. The number of nitrogens with zero attached hydrogens (tertiary/aromatic N) is 2. The summed E-state index contributed by atoms with van der Waals surface area (Å²) >= 11 is 0. The van der Waals surface area contributed by atoms with Crippen LogP contribution in [0.2, 0.25) is 0 Å². The van der Waals surface area contributed by atoms with E-state index in [1.165, 1.54) is 17.2 Å². The molecule has 2 aromatic carbocycles. The molecule has 0 N–H and O–H groups in total. The fourth-order valence-corrected chi connectivity index (χ4v) is 5.23. The van der Waals surface area contributed by atoms with Gasteiger partial charge in [-0.1, -0.05) is 30.2 Å². The summed E-state index contributed by atoms with van der Waals surface area (Å²) < 4.78 is 29.7. The van der Waals surface area contributed by atoms with E-state index in [1.807, 2.05) is 10.9 Å². The Morgan fingerprint density at radius 1 is 1.16 bits per heavy atom. The molecule has 0 amide bonds. The Hall–Kier alpha value is -3.08. The molecule has 0 spiro atoms. The van der Waals surface area contributed by atoms with Gasteiger partial charge in [-0.05, 0) is 68.5 Å². The first kappa shape index (κ1) is 19.9. The second-order valence-corrected chi connectivity index (χ2v) is 9.00. The second kappa shape index (κ2) is 7.26. The average molecular weight is 418 g/mol. The normalized spacial score (nSPS) is 22.5. The Bertz CT molecular complexity index is 1210. The number of fused-ring (bicyclic) bond motifs is 2. The van der Waals surface area contributed by atoms with Crippen LogP contribution in [0.15, 0.2) is 54.2 Å². The van der Waals surface area contributed by atoms with Crippen LogP contribution in [-0.2, 0) is 6.42 Å². The van der Waals surface area contributed by atoms with Crippen LogP contribution < -0.4 is 0 Å². The standard InChI is InChI=1S/C26H24F2N2O/c1-16-6-9-20(10-7-16)30-24-12-18-4-3-5-22(26(18,2)14-17(24)15-29-30)25(31)21-11-8-19(27)13-23(21)28/h6-13,15,22H,3-5,14H2,1-2H3/t22-,26+/m1/s1. The van der Waals surface area contributed by atoms with E-state index in [0.717, 1.165) is 41.9 Å². The van der Waals surface area contributed by atoms with Crippen LogP contribution in [-0.4, -0.2) is 15.6 Å². The molecule has 2 atom stereocenters. The van der Waals surface area contributed by atoms with Crippen LogP contribution in [0, 0.1) is 29.9 Å². The summed E-state index contributed by atoms with van der Waals surface area (Å²) in [4.78, 5) is 13.4. The van der Waals surface area contributed by atoms with Crippen LogP contribution in [0.5, 0.6) is 0 Å². The van der Waals surface area contributed by atoms with Crippen molar-refractivity contribution in [3.63, 3.8) is 0 Å². The van der Waals surface area contributed by atoms with Crippen molar-refractivity contribution in [3.8, 4) is 5.69 Å². The lowest BCUT2D eigenvalue weighted by Crippen LogP contribution is -2.41. The maximum Gasteiger partial charge on any atom is 0.169 e. The van der Waals surface area contributed by atoms with E-state index < -0.39 is 17.0 Å². The molecule has 1 aromatic heterocycles. The van der Waals surface area contributed by atoms with Crippen molar-refractivity contribution in [2.75, 3.05) is 0 Å². The number of hydrogen-bond acceptors (Lipinski definition) is 2. The van der Waals surface area contributed by atoms with Crippen LogP contribution in [0.25, 0.3) is 11.8 Å². The number of hydrogen-bond donors (Lipinski definition) is 0. The topological polar surface area (TPSA) is 34.9 Å². The predicted molar refractivity (Wildman–Crippen MR) is 116 cm³/mol. The van der Waals surface area contributed by atoms with Crippen molar-refractivity contribution in [2.45, 2.75) is 39.5 Å². The number of allylic oxidation sites excluding steroid dienone is 1. The first-order valence-electron chi connectivity index (χ1n) is 10.7. The molecule has 3 nitrogen and oxygen atoms in total. The summed E-state index contributed by atoms with van der Waals surface area (Å²) in [6.07, 6.45) is 7.21. The summed E-state index contributed by atoms with van der Waals surface area (Å²) in [5.41, 5.74) is 5.13. The van der Waals surface area contributed by atoms with Gasteiger partial charge in [0.05, 0.1) is 23.1 Å². The lowest BCUT2D eigenvalue weighted by molar-refractivity contribution is 0.0758. The highest BCUT2D eigenvalue weighted by atomic mass is 19.1. The summed E-state index contributed by atoms with van der Waals surface area (Å²) in [6, 6.07) is 11.5. The summed E-state index contributed by atoms with van der Waals surface area (Å²) in [7, 11) is 0. The zero-order chi connectivity index (χ0) is 21.8. The summed E-state index contributed by atoms with van der Waals surface area (Å²) in [5, 5.41) is 4.62. The van der Waals surface area contributed by atoms with Crippen LogP contribution >= 0.6 is 0 Å². The fraction of sp³-hybridized carbons (Fsp3) is 0.308. The van der Waals surface area contributed by atoms with Gasteiger partial charge in [-0.15, -0.1) is 0 Å². The third kappa shape index (κ3) is 3.23. The van der Waals surface area contributed by atoms with E-state index in [9.17, 15) is 13.6 Å². The lowest BCUT2D eigenvalue weighted by Gasteiger charge is -2.45. The molecule has 0 radical (unpaired) electrons. The van der Waals surface area contributed by atoms with Gasteiger partial charge in [-0.25, -0.2) is 13.5 Å².